The minimum atomic E-state index is -0.392. The van der Waals surface area contributed by atoms with Gasteiger partial charge in [-0.25, -0.2) is 0 Å². The fourth-order valence-electron chi connectivity index (χ4n) is 3.57. The Labute approximate surface area is 177 Å². The van der Waals surface area contributed by atoms with Crippen LogP contribution in [-0.4, -0.2) is 77.3 Å². The Balaban J connectivity index is 1.50. The van der Waals surface area contributed by atoms with Crippen LogP contribution < -0.4 is 10.1 Å². The number of hydrogen-bond donors (Lipinski definition) is 1. The van der Waals surface area contributed by atoms with Crippen molar-refractivity contribution in [2.45, 2.75) is 33.4 Å². The number of piperazine rings is 1. The monoisotopic (exact) mass is 413 g/mol. The number of hydrogen-bond acceptors (Lipinski definition) is 5. The van der Waals surface area contributed by atoms with Gasteiger partial charge in [0.2, 0.25) is 5.91 Å². The van der Waals surface area contributed by atoms with Gasteiger partial charge in [0.05, 0.1) is 6.54 Å². The second-order valence-electron chi connectivity index (χ2n) is 7.71. The summed E-state index contributed by atoms with van der Waals surface area (Å²) < 4.78 is 7.51. The molecule has 30 heavy (non-hydrogen) atoms. The fourth-order valence-corrected chi connectivity index (χ4v) is 3.57. The zero-order valence-corrected chi connectivity index (χ0v) is 18.2. The summed E-state index contributed by atoms with van der Waals surface area (Å²) >= 11 is 0. The maximum absolute atomic E-state index is 12.8. The summed E-state index contributed by atoms with van der Waals surface area (Å²) in [5.41, 5.74) is 2.68. The molecule has 0 saturated carbocycles. The second kappa shape index (κ2) is 9.75. The summed E-state index contributed by atoms with van der Waals surface area (Å²) in [5.74, 6) is 0.595. The summed E-state index contributed by atoms with van der Waals surface area (Å²) in [6.45, 7) is 9.10. The number of aryl methyl sites for hydroxylation is 3. The molecule has 2 amide bonds. The van der Waals surface area contributed by atoms with E-state index in [0.717, 1.165) is 11.3 Å². The quantitative estimate of drug-likeness (QED) is 0.696. The molecule has 0 aliphatic carbocycles. The minimum Gasteiger partial charge on any atom is -0.491 e. The summed E-state index contributed by atoms with van der Waals surface area (Å²) in [5, 5.41) is 7.22. The number of carbonyl (C=O) groups is 2. The highest BCUT2D eigenvalue weighted by atomic mass is 16.5. The molecule has 2 heterocycles. The third-order valence-electron chi connectivity index (χ3n) is 5.41. The topological polar surface area (TPSA) is 79.7 Å². The Morgan fingerprint density at radius 1 is 1.23 bits per heavy atom. The van der Waals surface area contributed by atoms with Crippen LogP contribution in [0, 0.1) is 13.8 Å². The first-order chi connectivity index (χ1) is 14.4. The van der Waals surface area contributed by atoms with Crippen LogP contribution >= 0.6 is 0 Å². The Kier molecular flexibility index (Phi) is 7.10. The Bertz CT molecular complexity index is 895. The second-order valence-corrected chi connectivity index (χ2v) is 7.71. The molecule has 1 unspecified atom stereocenters. The number of nitrogens with one attached hydrogen (secondary N) is 1. The lowest BCUT2D eigenvalue weighted by Crippen LogP contribution is -2.59. The number of ether oxygens (including phenoxy) is 1. The number of nitrogens with zero attached hydrogens (tertiary/aromatic N) is 4. The van der Waals surface area contributed by atoms with Crippen LogP contribution in [0.25, 0.3) is 0 Å². The molecule has 8 nitrogen and oxygen atoms in total. The van der Waals surface area contributed by atoms with Crippen LogP contribution in [0.15, 0.2) is 30.5 Å². The van der Waals surface area contributed by atoms with Crippen LogP contribution in [0.3, 0.4) is 0 Å². The van der Waals surface area contributed by atoms with E-state index in [4.69, 9.17) is 4.74 Å². The van der Waals surface area contributed by atoms with E-state index in [0.29, 0.717) is 45.0 Å². The average molecular weight is 414 g/mol. The van der Waals surface area contributed by atoms with Crippen LogP contribution in [0.1, 0.15) is 28.5 Å². The zero-order valence-electron chi connectivity index (χ0n) is 18.2. The molecule has 1 fully saturated rings. The molecule has 0 radical (unpaired) electrons. The minimum absolute atomic E-state index is 0.0988. The van der Waals surface area contributed by atoms with Gasteiger partial charge in [0, 0.05) is 32.4 Å². The van der Waals surface area contributed by atoms with Crippen molar-refractivity contribution in [3.8, 4) is 5.75 Å². The van der Waals surface area contributed by atoms with Crippen molar-refractivity contribution >= 4 is 11.8 Å². The van der Waals surface area contributed by atoms with Gasteiger partial charge in [-0.3, -0.25) is 19.2 Å². The molecule has 1 aliphatic rings. The molecule has 1 aromatic heterocycles. The molecule has 0 bridgehead atoms. The molecule has 1 atom stereocenters. The van der Waals surface area contributed by atoms with Crippen molar-refractivity contribution < 1.29 is 14.3 Å². The standard InChI is InChI=1S/C22H31N5O3/c1-5-27-10-8-18(24-27)22(29)26-12-11-25(4)19(15-26)21(28)23-9-13-30-20-7-6-16(2)14-17(20)3/h6-8,10,14,19H,5,9,11-13,15H2,1-4H3,(H,23,28). The highest BCUT2D eigenvalue weighted by molar-refractivity contribution is 5.93. The van der Waals surface area contributed by atoms with Crippen molar-refractivity contribution in [1.82, 2.24) is 24.9 Å². The first kappa shape index (κ1) is 21.8. The smallest absolute Gasteiger partial charge is 0.274 e. The Morgan fingerprint density at radius 3 is 2.73 bits per heavy atom. The van der Waals surface area contributed by atoms with Gasteiger partial charge < -0.3 is 15.0 Å². The molecule has 1 aliphatic heterocycles. The Morgan fingerprint density at radius 2 is 2.03 bits per heavy atom. The summed E-state index contributed by atoms with van der Waals surface area (Å²) in [4.78, 5) is 29.2. The van der Waals surface area contributed by atoms with E-state index in [-0.39, 0.29) is 11.8 Å². The number of aromatic nitrogens is 2. The molecule has 1 saturated heterocycles. The van der Waals surface area contributed by atoms with E-state index >= 15 is 0 Å². The maximum Gasteiger partial charge on any atom is 0.274 e. The molecule has 1 aromatic carbocycles. The lowest BCUT2D eigenvalue weighted by atomic mass is 10.1. The van der Waals surface area contributed by atoms with E-state index in [2.05, 4.69) is 16.5 Å². The number of rotatable bonds is 7. The van der Waals surface area contributed by atoms with Gasteiger partial charge in [0.1, 0.15) is 24.1 Å². The number of carbonyl (C=O) groups excluding carboxylic acids is 2. The molecule has 8 heteroatoms. The van der Waals surface area contributed by atoms with Gasteiger partial charge in [-0.05, 0) is 45.5 Å². The highest BCUT2D eigenvalue weighted by Gasteiger charge is 2.33. The van der Waals surface area contributed by atoms with Crippen LogP contribution in [0.5, 0.6) is 5.75 Å². The van der Waals surface area contributed by atoms with Crippen LogP contribution in [0.4, 0.5) is 0 Å². The molecule has 3 rings (SSSR count). The third-order valence-corrected chi connectivity index (χ3v) is 5.41. The van der Waals surface area contributed by atoms with Gasteiger partial charge in [0.25, 0.3) is 5.91 Å². The summed E-state index contributed by atoms with van der Waals surface area (Å²) in [7, 11) is 1.91. The van der Waals surface area contributed by atoms with Crippen molar-refractivity contribution in [3.05, 3.63) is 47.3 Å². The number of benzene rings is 1. The van der Waals surface area contributed by atoms with E-state index < -0.39 is 6.04 Å². The van der Waals surface area contributed by atoms with Gasteiger partial charge in [-0.2, -0.15) is 5.10 Å². The van der Waals surface area contributed by atoms with E-state index in [1.807, 2.05) is 44.9 Å². The predicted molar refractivity (Wildman–Crippen MR) is 115 cm³/mol. The largest absolute Gasteiger partial charge is 0.491 e. The summed E-state index contributed by atoms with van der Waals surface area (Å²) in [6, 6.07) is 7.36. The van der Waals surface area contributed by atoms with Gasteiger partial charge in [-0.15, -0.1) is 0 Å². The van der Waals surface area contributed by atoms with Crippen molar-refractivity contribution in [1.29, 1.82) is 0 Å². The molecular weight excluding hydrogens is 382 g/mol. The highest BCUT2D eigenvalue weighted by Crippen LogP contribution is 2.18. The summed E-state index contributed by atoms with van der Waals surface area (Å²) in [6.07, 6.45) is 1.79. The number of likely N-dealkylation sites (N-methyl/N-ethyl adjacent to an activating group) is 1. The molecule has 1 N–H and O–H groups in total. The van der Waals surface area contributed by atoms with Gasteiger partial charge >= 0.3 is 0 Å². The van der Waals surface area contributed by atoms with Crippen molar-refractivity contribution in [2.24, 2.45) is 0 Å². The van der Waals surface area contributed by atoms with Gasteiger partial charge in [0.15, 0.2) is 0 Å². The van der Waals surface area contributed by atoms with Crippen molar-refractivity contribution in [3.63, 3.8) is 0 Å². The van der Waals surface area contributed by atoms with E-state index in [1.54, 1.807) is 21.8 Å². The van der Waals surface area contributed by atoms with E-state index in [9.17, 15) is 9.59 Å². The van der Waals surface area contributed by atoms with Crippen molar-refractivity contribution in [2.75, 3.05) is 39.8 Å². The molecular formula is C22H31N5O3. The fraction of sp³-hybridized carbons (Fsp3) is 0.500. The number of amides is 2. The van der Waals surface area contributed by atoms with Crippen LogP contribution in [0.2, 0.25) is 0 Å². The van der Waals surface area contributed by atoms with E-state index in [1.165, 1.54) is 5.56 Å². The Hall–Kier alpha value is -2.87. The van der Waals surface area contributed by atoms with Gasteiger partial charge in [-0.1, -0.05) is 17.7 Å². The molecule has 2 aromatic rings. The SMILES string of the molecule is CCn1ccc(C(=O)N2CCN(C)C(C(=O)NCCOc3ccc(C)cc3C)C2)n1. The van der Waals surface area contributed by atoms with Crippen LogP contribution in [-0.2, 0) is 11.3 Å². The lowest BCUT2D eigenvalue weighted by Gasteiger charge is -2.38. The average Bonchev–Trinajstić information content (AvgIpc) is 3.21. The predicted octanol–water partition coefficient (Wildman–Crippen LogP) is 1.47. The first-order valence-corrected chi connectivity index (χ1v) is 10.4. The maximum atomic E-state index is 12.8. The lowest BCUT2D eigenvalue weighted by molar-refractivity contribution is -0.127. The molecule has 162 valence electrons. The molecule has 0 spiro atoms. The normalized spacial score (nSPS) is 17.1. The first-order valence-electron chi connectivity index (χ1n) is 10.4. The zero-order chi connectivity index (χ0) is 21.7. The third kappa shape index (κ3) is 5.18.